The number of ether oxygens (including phenoxy) is 1. The van der Waals surface area contributed by atoms with Crippen LogP contribution >= 0.6 is 0 Å². The Morgan fingerprint density at radius 3 is 2.93 bits per heavy atom. The van der Waals surface area contributed by atoms with Gasteiger partial charge in [0, 0.05) is 26.4 Å². The van der Waals surface area contributed by atoms with Crippen molar-refractivity contribution in [3.63, 3.8) is 0 Å². The minimum absolute atomic E-state index is 0.579. The first-order valence-corrected chi connectivity index (χ1v) is 5.18. The van der Waals surface area contributed by atoms with Crippen LogP contribution in [0.25, 0.3) is 0 Å². The SMILES string of the molecule is CCN(CCOC)Cc1ccnc(N)c1. The Labute approximate surface area is 91.1 Å². The van der Waals surface area contributed by atoms with E-state index in [1.54, 1.807) is 13.3 Å². The third kappa shape index (κ3) is 4.27. The fraction of sp³-hybridized carbons (Fsp3) is 0.545. The van der Waals surface area contributed by atoms with Crippen LogP contribution < -0.4 is 5.73 Å². The average molecular weight is 209 g/mol. The number of hydrogen-bond acceptors (Lipinski definition) is 4. The van der Waals surface area contributed by atoms with Crippen molar-refractivity contribution >= 4 is 5.82 Å². The van der Waals surface area contributed by atoms with Crippen molar-refractivity contribution in [2.75, 3.05) is 32.5 Å². The summed E-state index contributed by atoms with van der Waals surface area (Å²) in [5.41, 5.74) is 6.82. The highest BCUT2D eigenvalue weighted by Gasteiger charge is 2.03. The summed E-state index contributed by atoms with van der Waals surface area (Å²) < 4.78 is 5.06. The number of hydrogen-bond donors (Lipinski definition) is 1. The Hall–Kier alpha value is -1.13. The van der Waals surface area contributed by atoms with Crippen molar-refractivity contribution in [3.8, 4) is 0 Å². The van der Waals surface area contributed by atoms with Crippen molar-refractivity contribution in [2.45, 2.75) is 13.5 Å². The molecule has 0 aliphatic heterocycles. The zero-order valence-corrected chi connectivity index (χ0v) is 9.44. The molecule has 0 atom stereocenters. The van der Waals surface area contributed by atoms with Gasteiger partial charge in [0.25, 0.3) is 0 Å². The van der Waals surface area contributed by atoms with Gasteiger partial charge in [-0.2, -0.15) is 0 Å². The van der Waals surface area contributed by atoms with E-state index < -0.39 is 0 Å². The number of aromatic nitrogens is 1. The second-order valence-corrected chi connectivity index (χ2v) is 3.45. The number of nitrogen functional groups attached to an aromatic ring is 1. The summed E-state index contributed by atoms with van der Waals surface area (Å²) in [4.78, 5) is 6.27. The molecule has 0 unspecified atom stereocenters. The van der Waals surface area contributed by atoms with Crippen molar-refractivity contribution in [1.29, 1.82) is 0 Å². The molecule has 1 rings (SSSR count). The summed E-state index contributed by atoms with van der Waals surface area (Å²) in [6.45, 7) is 5.74. The number of methoxy groups -OCH3 is 1. The quantitative estimate of drug-likeness (QED) is 0.763. The number of pyridine rings is 1. The number of rotatable bonds is 6. The van der Waals surface area contributed by atoms with Crippen LogP contribution in [-0.2, 0) is 11.3 Å². The molecule has 0 spiro atoms. The van der Waals surface area contributed by atoms with Gasteiger partial charge in [0.2, 0.25) is 0 Å². The van der Waals surface area contributed by atoms with E-state index in [0.717, 1.165) is 26.2 Å². The molecule has 0 amide bonds. The first-order chi connectivity index (χ1) is 7.26. The minimum atomic E-state index is 0.579. The van der Waals surface area contributed by atoms with Crippen LogP contribution in [0.4, 0.5) is 5.82 Å². The van der Waals surface area contributed by atoms with Crippen LogP contribution in [0.5, 0.6) is 0 Å². The molecule has 84 valence electrons. The molecule has 4 heteroatoms. The number of nitrogens with two attached hydrogens (primary N) is 1. The molecule has 0 fully saturated rings. The van der Waals surface area contributed by atoms with Gasteiger partial charge in [-0.1, -0.05) is 6.92 Å². The maximum Gasteiger partial charge on any atom is 0.123 e. The zero-order valence-electron chi connectivity index (χ0n) is 9.44. The highest BCUT2D eigenvalue weighted by atomic mass is 16.5. The monoisotopic (exact) mass is 209 g/mol. The van der Waals surface area contributed by atoms with Gasteiger partial charge in [-0.25, -0.2) is 4.98 Å². The van der Waals surface area contributed by atoms with E-state index in [9.17, 15) is 0 Å². The second kappa shape index (κ2) is 6.37. The maximum atomic E-state index is 5.62. The standard InChI is InChI=1S/C11H19N3O/c1-3-14(6-7-15-2)9-10-4-5-13-11(12)8-10/h4-5,8H,3,6-7,9H2,1-2H3,(H2,12,13). The van der Waals surface area contributed by atoms with Crippen molar-refractivity contribution in [1.82, 2.24) is 9.88 Å². The highest BCUT2D eigenvalue weighted by Crippen LogP contribution is 2.06. The fourth-order valence-corrected chi connectivity index (χ4v) is 1.42. The molecule has 0 saturated heterocycles. The molecule has 0 saturated carbocycles. The van der Waals surface area contributed by atoms with Gasteiger partial charge in [0.15, 0.2) is 0 Å². The summed E-state index contributed by atoms with van der Waals surface area (Å²) in [5.74, 6) is 0.579. The van der Waals surface area contributed by atoms with Gasteiger partial charge in [0.05, 0.1) is 6.61 Å². The highest BCUT2D eigenvalue weighted by molar-refractivity contribution is 5.31. The van der Waals surface area contributed by atoms with Crippen LogP contribution in [0, 0.1) is 0 Å². The number of nitrogens with zero attached hydrogens (tertiary/aromatic N) is 2. The summed E-state index contributed by atoms with van der Waals surface area (Å²) in [5, 5.41) is 0. The van der Waals surface area contributed by atoms with Gasteiger partial charge in [0.1, 0.15) is 5.82 Å². The van der Waals surface area contributed by atoms with Gasteiger partial charge in [-0.15, -0.1) is 0 Å². The molecule has 1 aromatic rings. The molecule has 4 nitrogen and oxygen atoms in total. The van der Waals surface area contributed by atoms with Gasteiger partial charge in [-0.05, 0) is 24.2 Å². The lowest BCUT2D eigenvalue weighted by Crippen LogP contribution is -2.26. The van der Waals surface area contributed by atoms with Crippen molar-refractivity contribution in [2.24, 2.45) is 0 Å². The minimum Gasteiger partial charge on any atom is -0.384 e. The predicted molar refractivity (Wildman–Crippen MR) is 61.5 cm³/mol. The van der Waals surface area contributed by atoms with E-state index in [2.05, 4.69) is 16.8 Å². The molecular weight excluding hydrogens is 190 g/mol. The Kier molecular flexibility index (Phi) is 5.07. The summed E-state index contributed by atoms with van der Waals surface area (Å²) >= 11 is 0. The molecule has 15 heavy (non-hydrogen) atoms. The average Bonchev–Trinajstić information content (AvgIpc) is 2.24. The fourth-order valence-electron chi connectivity index (χ4n) is 1.42. The van der Waals surface area contributed by atoms with Gasteiger partial charge < -0.3 is 10.5 Å². The lowest BCUT2D eigenvalue weighted by molar-refractivity contribution is 0.147. The smallest absolute Gasteiger partial charge is 0.123 e. The van der Waals surface area contributed by atoms with Crippen LogP contribution in [0.2, 0.25) is 0 Å². The lowest BCUT2D eigenvalue weighted by Gasteiger charge is -2.19. The normalized spacial score (nSPS) is 10.9. The van der Waals surface area contributed by atoms with Crippen LogP contribution in [0.3, 0.4) is 0 Å². The predicted octanol–water partition coefficient (Wildman–Crippen LogP) is 1.13. The van der Waals surface area contributed by atoms with Gasteiger partial charge in [-0.3, -0.25) is 4.90 Å². The molecule has 0 aliphatic carbocycles. The molecule has 0 radical (unpaired) electrons. The third-order valence-electron chi connectivity index (χ3n) is 2.31. The van der Waals surface area contributed by atoms with E-state index in [-0.39, 0.29) is 0 Å². The molecule has 0 aromatic carbocycles. The Morgan fingerprint density at radius 1 is 1.53 bits per heavy atom. The summed E-state index contributed by atoms with van der Waals surface area (Å²) in [7, 11) is 1.72. The lowest BCUT2D eigenvalue weighted by atomic mass is 10.2. The molecular formula is C11H19N3O. The maximum absolute atomic E-state index is 5.62. The molecule has 0 aliphatic rings. The molecule has 0 bridgehead atoms. The van der Waals surface area contributed by atoms with Crippen LogP contribution in [0.15, 0.2) is 18.3 Å². The second-order valence-electron chi connectivity index (χ2n) is 3.45. The van der Waals surface area contributed by atoms with Crippen LogP contribution in [-0.4, -0.2) is 36.7 Å². The van der Waals surface area contributed by atoms with E-state index in [4.69, 9.17) is 10.5 Å². The van der Waals surface area contributed by atoms with Crippen molar-refractivity contribution < 1.29 is 4.74 Å². The van der Waals surface area contributed by atoms with E-state index in [0.29, 0.717) is 5.82 Å². The first kappa shape index (κ1) is 11.9. The first-order valence-electron chi connectivity index (χ1n) is 5.18. The summed E-state index contributed by atoms with van der Waals surface area (Å²) in [6.07, 6.45) is 1.74. The number of likely N-dealkylation sites (N-methyl/N-ethyl adjacent to an activating group) is 1. The van der Waals surface area contributed by atoms with Gasteiger partial charge >= 0.3 is 0 Å². The van der Waals surface area contributed by atoms with Crippen molar-refractivity contribution in [3.05, 3.63) is 23.9 Å². The molecule has 1 heterocycles. The Balaban J connectivity index is 2.50. The van der Waals surface area contributed by atoms with Crippen LogP contribution in [0.1, 0.15) is 12.5 Å². The molecule has 2 N–H and O–H groups in total. The zero-order chi connectivity index (χ0) is 11.1. The topological polar surface area (TPSA) is 51.4 Å². The Morgan fingerprint density at radius 2 is 2.33 bits per heavy atom. The van der Waals surface area contributed by atoms with E-state index in [1.165, 1.54) is 5.56 Å². The van der Waals surface area contributed by atoms with E-state index >= 15 is 0 Å². The third-order valence-corrected chi connectivity index (χ3v) is 2.31. The summed E-state index contributed by atoms with van der Waals surface area (Å²) in [6, 6.07) is 3.90. The Bertz CT molecular complexity index is 291. The molecule has 1 aromatic heterocycles. The number of anilines is 1. The largest absolute Gasteiger partial charge is 0.384 e. The van der Waals surface area contributed by atoms with E-state index in [1.807, 2.05) is 12.1 Å².